The standard InChI is InChI=1S/C7H13NO3/c1-2-3-4-5-7(9)6-8(10)11/h2-6H2,1H3. The van der Waals surface area contributed by atoms with Crippen LogP contribution < -0.4 is 0 Å². The summed E-state index contributed by atoms with van der Waals surface area (Å²) in [6.07, 6.45) is 3.15. The van der Waals surface area contributed by atoms with Crippen molar-refractivity contribution >= 4 is 5.78 Å². The van der Waals surface area contributed by atoms with E-state index in [1.165, 1.54) is 0 Å². The first-order valence-corrected chi connectivity index (χ1v) is 3.80. The fraction of sp³-hybridized carbons (Fsp3) is 0.857. The molecule has 0 aliphatic rings. The zero-order valence-electron chi connectivity index (χ0n) is 6.71. The van der Waals surface area contributed by atoms with Gasteiger partial charge in [0.2, 0.25) is 5.78 Å². The third-order valence-corrected chi connectivity index (χ3v) is 1.36. The molecule has 0 saturated carbocycles. The third-order valence-electron chi connectivity index (χ3n) is 1.36. The largest absolute Gasteiger partial charge is 0.292 e. The second-order valence-electron chi connectivity index (χ2n) is 2.49. The quantitative estimate of drug-likeness (QED) is 0.334. The number of Topliss-reactive ketones (excluding diaryl/α,β-unsaturated/α-hetero) is 1. The highest BCUT2D eigenvalue weighted by molar-refractivity contribution is 5.79. The maximum atomic E-state index is 10.7. The van der Waals surface area contributed by atoms with Crippen molar-refractivity contribution in [3.63, 3.8) is 0 Å². The van der Waals surface area contributed by atoms with Gasteiger partial charge in [-0.05, 0) is 6.42 Å². The molecule has 0 atom stereocenters. The van der Waals surface area contributed by atoms with Crippen molar-refractivity contribution in [3.8, 4) is 0 Å². The minimum Gasteiger partial charge on any atom is -0.292 e. The lowest BCUT2D eigenvalue weighted by atomic mass is 10.1. The van der Waals surface area contributed by atoms with Gasteiger partial charge in [0.25, 0.3) is 6.54 Å². The number of hydrogen-bond acceptors (Lipinski definition) is 3. The highest BCUT2D eigenvalue weighted by Gasteiger charge is 2.07. The first-order chi connectivity index (χ1) is 5.16. The Hall–Kier alpha value is -0.930. The Morgan fingerprint density at radius 1 is 1.45 bits per heavy atom. The molecule has 0 aromatic rings. The molecule has 4 heteroatoms. The number of carbonyl (C=O) groups excluding carboxylic acids is 1. The Morgan fingerprint density at radius 2 is 2.09 bits per heavy atom. The minimum absolute atomic E-state index is 0.261. The Labute approximate surface area is 65.7 Å². The van der Waals surface area contributed by atoms with Crippen LogP contribution in [0.25, 0.3) is 0 Å². The fourth-order valence-electron chi connectivity index (χ4n) is 0.795. The zero-order chi connectivity index (χ0) is 8.69. The van der Waals surface area contributed by atoms with E-state index in [0.717, 1.165) is 19.3 Å². The minimum atomic E-state index is -0.575. The first kappa shape index (κ1) is 10.1. The highest BCUT2D eigenvalue weighted by atomic mass is 16.6. The van der Waals surface area contributed by atoms with Gasteiger partial charge in [-0.2, -0.15) is 0 Å². The van der Waals surface area contributed by atoms with Crippen LogP contribution in [-0.2, 0) is 4.79 Å². The predicted molar refractivity (Wildman–Crippen MR) is 41.0 cm³/mol. The van der Waals surface area contributed by atoms with Crippen molar-refractivity contribution < 1.29 is 9.72 Å². The molecule has 0 rings (SSSR count). The lowest BCUT2D eigenvalue weighted by Gasteiger charge is -1.93. The second kappa shape index (κ2) is 5.82. The average molecular weight is 159 g/mol. The summed E-state index contributed by atoms with van der Waals surface area (Å²) in [5, 5.41) is 9.83. The molecular weight excluding hydrogens is 146 g/mol. The van der Waals surface area contributed by atoms with Crippen LogP contribution in [0.4, 0.5) is 0 Å². The van der Waals surface area contributed by atoms with E-state index >= 15 is 0 Å². The normalized spacial score (nSPS) is 9.55. The van der Waals surface area contributed by atoms with E-state index < -0.39 is 11.5 Å². The zero-order valence-corrected chi connectivity index (χ0v) is 6.71. The summed E-state index contributed by atoms with van der Waals surface area (Å²) in [5.74, 6) is -0.261. The number of carbonyl (C=O) groups is 1. The molecule has 0 aromatic heterocycles. The van der Waals surface area contributed by atoms with Gasteiger partial charge in [0.05, 0.1) is 0 Å². The highest BCUT2D eigenvalue weighted by Crippen LogP contribution is 1.99. The van der Waals surface area contributed by atoms with Crippen LogP contribution in [0.3, 0.4) is 0 Å². The Kier molecular flexibility index (Phi) is 5.33. The average Bonchev–Trinajstić information content (AvgIpc) is 1.86. The number of ketones is 1. The Bertz CT molecular complexity index is 145. The lowest BCUT2D eigenvalue weighted by Crippen LogP contribution is -2.12. The molecule has 0 saturated heterocycles. The van der Waals surface area contributed by atoms with Crippen LogP contribution in [0.5, 0.6) is 0 Å². The van der Waals surface area contributed by atoms with E-state index in [-0.39, 0.29) is 5.78 Å². The van der Waals surface area contributed by atoms with Crippen molar-refractivity contribution in [2.24, 2.45) is 0 Å². The van der Waals surface area contributed by atoms with Gasteiger partial charge < -0.3 is 0 Å². The Morgan fingerprint density at radius 3 is 2.55 bits per heavy atom. The summed E-state index contributed by atoms with van der Waals surface area (Å²) in [7, 11) is 0. The number of nitrogens with zero attached hydrogens (tertiary/aromatic N) is 1. The van der Waals surface area contributed by atoms with Gasteiger partial charge in [-0.1, -0.05) is 19.8 Å². The molecular formula is C7H13NO3. The number of nitro groups is 1. The van der Waals surface area contributed by atoms with Crippen LogP contribution in [0.15, 0.2) is 0 Å². The molecule has 0 amide bonds. The predicted octanol–water partition coefficient (Wildman–Crippen LogP) is 1.41. The first-order valence-electron chi connectivity index (χ1n) is 3.80. The molecule has 0 bridgehead atoms. The lowest BCUT2D eigenvalue weighted by molar-refractivity contribution is -0.467. The molecule has 0 fully saturated rings. The molecule has 0 radical (unpaired) electrons. The van der Waals surface area contributed by atoms with E-state index in [1.807, 2.05) is 6.92 Å². The van der Waals surface area contributed by atoms with Crippen molar-refractivity contribution in [3.05, 3.63) is 10.1 Å². The number of rotatable bonds is 6. The van der Waals surface area contributed by atoms with E-state index in [9.17, 15) is 14.9 Å². The molecule has 0 N–H and O–H groups in total. The summed E-state index contributed by atoms with van der Waals surface area (Å²) in [6.45, 7) is 1.52. The van der Waals surface area contributed by atoms with Crippen molar-refractivity contribution in [2.75, 3.05) is 6.54 Å². The van der Waals surface area contributed by atoms with Crippen LogP contribution in [-0.4, -0.2) is 17.3 Å². The van der Waals surface area contributed by atoms with Gasteiger partial charge in [-0.3, -0.25) is 14.9 Å². The van der Waals surface area contributed by atoms with Crippen molar-refractivity contribution in [2.45, 2.75) is 32.6 Å². The summed E-state index contributed by atoms with van der Waals surface area (Å²) in [5.41, 5.74) is 0. The molecule has 4 nitrogen and oxygen atoms in total. The summed E-state index contributed by atoms with van der Waals surface area (Å²) in [4.78, 5) is 19.9. The van der Waals surface area contributed by atoms with Crippen molar-refractivity contribution in [1.82, 2.24) is 0 Å². The smallest absolute Gasteiger partial charge is 0.261 e. The van der Waals surface area contributed by atoms with Gasteiger partial charge >= 0.3 is 0 Å². The van der Waals surface area contributed by atoms with E-state index in [0.29, 0.717) is 6.42 Å². The van der Waals surface area contributed by atoms with Gasteiger partial charge in [0.15, 0.2) is 0 Å². The van der Waals surface area contributed by atoms with Gasteiger partial charge in [0, 0.05) is 11.3 Å². The monoisotopic (exact) mass is 159 g/mol. The SMILES string of the molecule is CCCCCC(=O)C[N+](=O)[O-]. The van der Waals surface area contributed by atoms with E-state index in [2.05, 4.69) is 0 Å². The molecule has 0 aliphatic heterocycles. The molecule has 0 aromatic carbocycles. The summed E-state index contributed by atoms with van der Waals surface area (Å²) < 4.78 is 0. The van der Waals surface area contributed by atoms with Gasteiger partial charge in [0.1, 0.15) is 0 Å². The number of unbranched alkanes of at least 4 members (excludes halogenated alkanes) is 2. The van der Waals surface area contributed by atoms with Crippen LogP contribution in [0, 0.1) is 10.1 Å². The summed E-state index contributed by atoms with van der Waals surface area (Å²) in [6, 6.07) is 0. The van der Waals surface area contributed by atoms with Crippen LogP contribution in [0.1, 0.15) is 32.6 Å². The molecule has 64 valence electrons. The van der Waals surface area contributed by atoms with Crippen molar-refractivity contribution in [1.29, 1.82) is 0 Å². The van der Waals surface area contributed by atoms with Crippen LogP contribution >= 0.6 is 0 Å². The summed E-state index contributed by atoms with van der Waals surface area (Å²) >= 11 is 0. The fourth-order valence-corrected chi connectivity index (χ4v) is 0.795. The van der Waals surface area contributed by atoms with Crippen LogP contribution in [0.2, 0.25) is 0 Å². The molecule has 0 heterocycles. The van der Waals surface area contributed by atoms with Gasteiger partial charge in [-0.25, -0.2) is 0 Å². The maximum Gasteiger partial charge on any atom is 0.261 e. The van der Waals surface area contributed by atoms with E-state index in [4.69, 9.17) is 0 Å². The molecule has 0 spiro atoms. The van der Waals surface area contributed by atoms with Gasteiger partial charge in [-0.15, -0.1) is 0 Å². The Balaban J connectivity index is 3.30. The van der Waals surface area contributed by atoms with E-state index in [1.54, 1.807) is 0 Å². The molecule has 0 unspecified atom stereocenters. The maximum absolute atomic E-state index is 10.7. The molecule has 11 heavy (non-hydrogen) atoms. The second-order valence-corrected chi connectivity index (χ2v) is 2.49. The number of hydrogen-bond donors (Lipinski definition) is 0. The third kappa shape index (κ3) is 6.96. The topological polar surface area (TPSA) is 60.2 Å². The molecule has 0 aliphatic carbocycles.